The van der Waals surface area contributed by atoms with Gasteiger partial charge in [-0.05, 0) is 41.7 Å². The predicted octanol–water partition coefficient (Wildman–Crippen LogP) is 2.59. The van der Waals surface area contributed by atoms with E-state index in [2.05, 4.69) is 0 Å². The van der Waals surface area contributed by atoms with E-state index in [1.807, 2.05) is 33.8 Å². The maximum atomic E-state index is 14.4. The van der Waals surface area contributed by atoms with E-state index in [-0.39, 0.29) is 43.2 Å². The Kier molecular flexibility index (Phi) is 4.93. The lowest BCUT2D eigenvalue weighted by Crippen LogP contribution is -2.87. The quantitative estimate of drug-likeness (QED) is 0.539. The lowest BCUT2D eigenvalue weighted by atomic mass is 9.31. The highest BCUT2D eigenvalue weighted by molar-refractivity contribution is 5.87. The van der Waals surface area contributed by atoms with E-state index >= 15 is 0 Å². The Morgan fingerprint density at radius 2 is 1.81 bits per heavy atom. The monoisotopic (exact) mass is 502 g/mol. The highest BCUT2D eigenvalue weighted by Crippen LogP contribution is 2.81. The van der Waals surface area contributed by atoms with Crippen LogP contribution in [-0.2, 0) is 19.1 Å². The zero-order chi connectivity index (χ0) is 26.1. The topological polar surface area (TPSA) is 126 Å². The number of ketones is 1. The van der Waals surface area contributed by atoms with E-state index < -0.39 is 57.5 Å². The van der Waals surface area contributed by atoms with Gasteiger partial charge >= 0.3 is 5.97 Å². The van der Waals surface area contributed by atoms with Crippen LogP contribution in [0, 0.1) is 33.5 Å². The number of esters is 1. The number of ether oxygens (including phenoxy) is 2. The van der Waals surface area contributed by atoms with Crippen molar-refractivity contribution in [2.24, 2.45) is 33.5 Å². The SMILES string of the molecule is CC(=O)OC[C@@]12[C@H]3C(=O)C[C@@]4(C)[C@H](c5ccoc5)C[C@@H](O)[C@]45O[C@H](C[C@H]1C(C)(C)[C@H](O)C[C@@H]2O)[C@]35C. The summed E-state index contributed by atoms with van der Waals surface area (Å²) in [6.07, 6.45) is 1.59. The van der Waals surface area contributed by atoms with Gasteiger partial charge in [-0.3, -0.25) is 9.59 Å². The molecule has 5 fully saturated rings. The number of aliphatic hydroxyl groups is 3. The largest absolute Gasteiger partial charge is 0.472 e. The summed E-state index contributed by atoms with van der Waals surface area (Å²) in [5.74, 6) is -1.59. The van der Waals surface area contributed by atoms with Crippen LogP contribution in [0.15, 0.2) is 23.0 Å². The van der Waals surface area contributed by atoms with Gasteiger partial charge in [0.25, 0.3) is 0 Å². The van der Waals surface area contributed by atoms with E-state index in [4.69, 9.17) is 13.9 Å². The fourth-order valence-electron chi connectivity index (χ4n) is 10.2. The van der Waals surface area contributed by atoms with Crippen molar-refractivity contribution in [3.05, 3.63) is 24.2 Å². The van der Waals surface area contributed by atoms with Gasteiger partial charge in [0.1, 0.15) is 18.0 Å². The number of Topliss-reactive ketones (excluding diaryl/α,β-unsaturated/α-hetero) is 1. The van der Waals surface area contributed by atoms with Crippen molar-refractivity contribution in [2.75, 3.05) is 6.61 Å². The molecule has 198 valence electrons. The molecule has 0 amide bonds. The molecule has 1 aliphatic heterocycles. The number of rotatable bonds is 3. The third-order valence-electron chi connectivity index (χ3n) is 11.7. The van der Waals surface area contributed by atoms with Crippen molar-refractivity contribution in [1.82, 2.24) is 0 Å². The minimum atomic E-state index is -1.08. The average Bonchev–Trinajstić information content (AvgIpc) is 3.38. The fraction of sp³-hybridized carbons (Fsp3) is 0.786. The summed E-state index contributed by atoms with van der Waals surface area (Å²) >= 11 is 0. The number of fused-ring (bicyclic) bond motifs is 2. The summed E-state index contributed by atoms with van der Waals surface area (Å²) in [6, 6.07) is 1.89. The Balaban J connectivity index is 1.54. The Morgan fingerprint density at radius 1 is 1.08 bits per heavy atom. The van der Waals surface area contributed by atoms with E-state index in [0.717, 1.165) is 5.56 Å². The van der Waals surface area contributed by atoms with Crippen LogP contribution in [0.25, 0.3) is 0 Å². The highest BCUT2D eigenvalue weighted by Gasteiger charge is 2.88. The minimum Gasteiger partial charge on any atom is -0.472 e. The number of carbonyl (C=O) groups excluding carboxylic acids is 2. The molecule has 0 radical (unpaired) electrons. The molecule has 4 saturated carbocycles. The molecule has 1 aromatic rings. The van der Waals surface area contributed by atoms with Gasteiger partial charge in [-0.2, -0.15) is 0 Å². The lowest BCUT2D eigenvalue weighted by molar-refractivity contribution is -0.434. The molecule has 3 N–H and O–H groups in total. The zero-order valence-electron chi connectivity index (χ0n) is 21.7. The van der Waals surface area contributed by atoms with Crippen LogP contribution in [0.4, 0.5) is 0 Å². The number of carbonyl (C=O) groups is 2. The van der Waals surface area contributed by atoms with Gasteiger partial charge in [-0.25, -0.2) is 0 Å². The standard InChI is InChI=1S/C28H38O8/c1-14(29)35-13-27-18(24(2,3)19(31)10-20(27)32)9-22-26(5)23(27)17(30)11-25(4)16(15-6-7-34-12-15)8-21(33)28(25,26)36-22/h6-7,12,16,18-23,31-33H,8-11,13H2,1-5H3/t16-,18-,19+,20-,21+,22+,23-,25-,26+,27+,28-/m0/s1. The molecular weight excluding hydrogens is 464 g/mol. The van der Waals surface area contributed by atoms with Crippen molar-refractivity contribution in [3.63, 3.8) is 0 Å². The fourth-order valence-corrected chi connectivity index (χ4v) is 10.2. The third kappa shape index (κ3) is 2.46. The first-order chi connectivity index (χ1) is 16.8. The molecule has 11 atom stereocenters. The molecule has 1 saturated heterocycles. The molecule has 8 heteroatoms. The van der Waals surface area contributed by atoms with Gasteiger partial charge in [-0.15, -0.1) is 0 Å². The second-order valence-electron chi connectivity index (χ2n) is 13.2. The zero-order valence-corrected chi connectivity index (χ0v) is 21.7. The molecular formula is C28H38O8. The van der Waals surface area contributed by atoms with Crippen molar-refractivity contribution < 1.29 is 38.8 Å². The molecule has 8 nitrogen and oxygen atoms in total. The van der Waals surface area contributed by atoms with Crippen molar-refractivity contribution in [3.8, 4) is 0 Å². The van der Waals surface area contributed by atoms with Crippen LogP contribution in [0.1, 0.15) is 71.8 Å². The predicted molar refractivity (Wildman–Crippen MR) is 127 cm³/mol. The number of hydrogen-bond donors (Lipinski definition) is 3. The summed E-state index contributed by atoms with van der Waals surface area (Å²) in [4.78, 5) is 26.5. The molecule has 5 aliphatic rings. The van der Waals surface area contributed by atoms with Gasteiger partial charge in [0.05, 0.1) is 36.9 Å². The number of furan rings is 1. The summed E-state index contributed by atoms with van der Waals surface area (Å²) in [5, 5.41) is 34.4. The van der Waals surface area contributed by atoms with Crippen LogP contribution in [0.5, 0.6) is 0 Å². The van der Waals surface area contributed by atoms with E-state index in [9.17, 15) is 24.9 Å². The smallest absolute Gasteiger partial charge is 0.302 e. The molecule has 4 aliphatic carbocycles. The van der Waals surface area contributed by atoms with Crippen molar-refractivity contribution >= 4 is 11.8 Å². The Bertz CT molecular complexity index is 1100. The van der Waals surface area contributed by atoms with Crippen LogP contribution in [-0.4, -0.2) is 63.7 Å². The summed E-state index contributed by atoms with van der Waals surface area (Å²) < 4.78 is 17.8. The van der Waals surface area contributed by atoms with E-state index in [1.54, 1.807) is 12.5 Å². The first kappa shape index (κ1) is 24.6. The van der Waals surface area contributed by atoms with E-state index in [0.29, 0.717) is 12.8 Å². The van der Waals surface area contributed by atoms with Gasteiger partial charge in [0.15, 0.2) is 0 Å². The molecule has 0 aromatic carbocycles. The molecule has 0 unspecified atom stereocenters. The van der Waals surface area contributed by atoms with E-state index in [1.165, 1.54) is 6.92 Å². The number of hydrogen-bond acceptors (Lipinski definition) is 8. The molecule has 1 aromatic heterocycles. The molecule has 0 bridgehead atoms. The van der Waals surface area contributed by atoms with Gasteiger partial charge in [0, 0.05) is 41.9 Å². The van der Waals surface area contributed by atoms with Gasteiger partial charge < -0.3 is 29.2 Å². The maximum absolute atomic E-state index is 14.4. The minimum absolute atomic E-state index is 0.00890. The maximum Gasteiger partial charge on any atom is 0.302 e. The Hall–Kier alpha value is -1.74. The van der Waals surface area contributed by atoms with Crippen LogP contribution < -0.4 is 0 Å². The second kappa shape index (κ2) is 7.22. The van der Waals surface area contributed by atoms with Crippen LogP contribution in [0.2, 0.25) is 0 Å². The second-order valence-corrected chi connectivity index (χ2v) is 13.2. The van der Waals surface area contributed by atoms with Crippen molar-refractivity contribution in [1.29, 1.82) is 0 Å². The molecule has 6 rings (SSSR count). The summed E-state index contributed by atoms with van der Waals surface area (Å²) in [7, 11) is 0. The third-order valence-corrected chi connectivity index (χ3v) is 11.7. The highest BCUT2D eigenvalue weighted by atomic mass is 16.6. The van der Waals surface area contributed by atoms with Gasteiger partial charge in [-0.1, -0.05) is 27.7 Å². The Morgan fingerprint density at radius 3 is 2.44 bits per heavy atom. The first-order valence-electron chi connectivity index (χ1n) is 13.2. The molecule has 1 spiro atoms. The summed E-state index contributed by atoms with van der Waals surface area (Å²) in [5.41, 5.74) is -3.20. The van der Waals surface area contributed by atoms with Gasteiger partial charge in [0.2, 0.25) is 0 Å². The first-order valence-corrected chi connectivity index (χ1v) is 13.2. The van der Waals surface area contributed by atoms with Crippen LogP contribution >= 0.6 is 0 Å². The molecule has 36 heavy (non-hydrogen) atoms. The Labute approximate surface area is 211 Å². The summed E-state index contributed by atoms with van der Waals surface area (Å²) in [6.45, 7) is 9.25. The lowest BCUT2D eigenvalue weighted by Gasteiger charge is -2.79. The molecule has 2 heterocycles. The van der Waals surface area contributed by atoms with Crippen LogP contribution in [0.3, 0.4) is 0 Å². The average molecular weight is 503 g/mol. The number of aliphatic hydroxyl groups excluding tert-OH is 3. The van der Waals surface area contributed by atoms with Crippen molar-refractivity contribution in [2.45, 2.75) is 96.2 Å². The normalized spacial score (nSPS) is 52.6.